The number of benzene rings is 4. The highest BCUT2D eigenvalue weighted by atomic mass is 32.2. The molecule has 2 heterocycles. The molecule has 182 valence electrons. The summed E-state index contributed by atoms with van der Waals surface area (Å²) in [4.78, 5) is 11.5. The Labute approximate surface area is 213 Å². The summed E-state index contributed by atoms with van der Waals surface area (Å²) in [7, 11) is -4.03. The number of hydrogen-bond acceptors (Lipinski definition) is 4. The second kappa shape index (κ2) is 8.15. The maximum absolute atomic E-state index is 13.9. The maximum Gasteiger partial charge on any atom is 0.287 e. The van der Waals surface area contributed by atoms with E-state index in [0.717, 1.165) is 30.3 Å². The molecule has 0 spiro atoms. The number of nitrogens with zero attached hydrogens (tertiary/aromatic N) is 2. The smallest absolute Gasteiger partial charge is 0.268 e. The van der Waals surface area contributed by atoms with Gasteiger partial charge in [-0.15, -0.1) is 0 Å². The van der Waals surface area contributed by atoms with Crippen LogP contribution in [0.4, 0.5) is 0 Å². The fraction of sp³-hybridized carbons (Fsp3) is 0.133. The van der Waals surface area contributed by atoms with Gasteiger partial charge in [-0.05, 0) is 70.1 Å². The second-order valence-corrected chi connectivity index (χ2v) is 11.4. The average Bonchev–Trinajstić information content (AvgIpc) is 3.33. The quantitative estimate of drug-likeness (QED) is 0.320. The molecule has 1 atom stereocenters. The Morgan fingerprint density at radius 3 is 2.43 bits per heavy atom. The van der Waals surface area contributed by atoms with Gasteiger partial charge in [-0.25, -0.2) is 9.07 Å². The third kappa shape index (κ3) is 3.42. The van der Waals surface area contributed by atoms with Crippen molar-refractivity contribution in [2.45, 2.75) is 30.2 Å². The van der Waals surface area contributed by atoms with Crippen LogP contribution in [0.15, 0.2) is 101 Å². The molecule has 6 aromatic rings. The second-order valence-electron chi connectivity index (χ2n) is 9.68. The molecule has 0 amide bonds. The van der Waals surface area contributed by atoms with Crippen LogP contribution in [0, 0.1) is 0 Å². The molecule has 0 radical (unpaired) electrons. The van der Waals surface area contributed by atoms with Gasteiger partial charge < -0.3 is 0 Å². The normalized spacial score (nSPS) is 15.8. The standard InChI is InChI=1S/C30H23N3O3S/c34-29-15-16-30(32-31-29)37(35,36)33-27-8-4-2-6-21(27)18-28(33)22-10-9-20-12-13-24-23-7-3-1-5-19(23)11-14-25(24)26(20)17-22/h1-8,11-16,18,22H,9-10,17H2,(H,31,34). The number of aromatic amines is 1. The van der Waals surface area contributed by atoms with Gasteiger partial charge in [0.1, 0.15) is 0 Å². The van der Waals surface area contributed by atoms with Crippen LogP contribution in [0.25, 0.3) is 32.4 Å². The van der Waals surface area contributed by atoms with Crippen LogP contribution in [0.2, 0.25) is 0 Å². The lowest BCUT2D eigenvalue weighted by molar-refractivity contribution is 0.553. The van der Waals surface area contributed by atoms with Crippen LogP contribution in [0.5, 0.6) is 0 Å². The van der Waals surface area contributed by atoms with Gasteiger partial charge in [-0.2, -0.15) is 13.5 Å². The van der Waals surface area contributed by atoms with E-state index in [2.05, 4.69) is 58.7 Å². The Balaban J connectivity index is 1.41. The van der Waals surface area contributed by atoms with E-state index in [-0.39, 0.29) is 10.9 Å². The van der Waals surface area contributed by atoms with Gasteiger partial charge in [0.2, 0.25) is 0 Å². The van der Waals surface area contributed by atoms with Crippen molar-refractivity contribution < 1.29 is 8.42 Å². The van der Waals surface area contributed by atoms with Gasteiger partial charge in [-0.3, -0.25) is 4.79 Å². The van der Waals surface area contributed by atoms with Crippen LogP contribution in [0.3, 0.4) is 0 Å². The van der Waals surface area contributed by atoms with E-state index in [9.17, 15) is 13.2 Å². The molecular weight excluding hydrogens is 482 g/mol. The average molecular weight is 506 g/mol. The summed E-state index contributed by atoms with van der Waals surface area (Å²) in [5.41, 5.74) is 3.53. The summed E-state index contributed by atoms with van der Waals surface area (Å²) in [6, 6.07) is 29.2. The zero-order valence-corrected chi connectivity index (χ0v) is 20.7. The predicted molar refractivity (Wildman–Crippen MR) is 146 cm³/mol. The molecule has 2 aromatic heterocycles. The van der Waals surface area contributed by atoms with Crippen molar-refractivity contribution in [2.75, 3.05) is 0 Å². The molecule has 7 rings (SSSR count). The monoisotopic (exact) mass is 505 g/mol. The Hall–Kier alpha value is -4.23. The minimum atomic E-state index is -4.03. The summed E-state index contributed by atoms with van der Waals surface area (Å²) in [5.74, 6) is 0.00880. The molecule has 6 nitrogen and oxygen atoms in total. The van der Waals surface area contributed by atoms with Gasteiger partial charge in [0.05, 0.1) is 5.52 Å². The van der Waals surface area contributed by atoms with Crippen LogP contribution in [-0.4, -0.2) is 22.6 Å². The van der Waals surface area contributed by atoms with Gasteiger partial charge in [0.15, 0.2) is 5.03 Å². The van der Waals surface area contributed by atoms with E-state index in [1.165, 1.54) is 48.8 Å². The molecule has 0 fully saturated rings. The number of hydrogen-bond donors (Lipinski definition) is 1. The lowest BCUT2D eigenvalue weighted by Gasteiger charge is -2.27. The third-order valence-corrected chi connectivity index (χ3v) is 9.26. The lowest BCUT2D eigenvalue weighted by Crippen LogP contribution is -2.23. The molecule has 0 saturated carbocycles. The summed E-state index contributed by atoms with van der Waals surface area (Å²) >= 11 is 0. The van der Waals surface area contributed by atoms with Crippen molar-refractivity contribution in [3.8, 4) is 0 Å². The summed E-state index contributed by atoms with van der Waals surface area (Å²) < 4.78 is 29.2. The minimum absolute atomic E-state index is 0.00880. The van der Waals surface area contributed by atoms with E-state index in [1.54, 1.807) is 0 Å². The van der Waals surface area contributed by atoms with E-state index in [1.807, 2.05) is 30.3 Å². The van der Waals surface area contributed by atoms with Gasteiger partial charge in [0, 0.05) is 23.1 Å². The number of aromatic nitrogens is 3. The first-order valence-corrected chi connectivity index (χ1v) is 13.8. The first-order chi connectivity index (χ1) is 18.0. The molecule has 1 unspecified atom stereocenters. The highest BCUT2D eigenvalue weighted by molar-refractivity contribution is 7.90. The first kappa shape index (κ1) is 22.0. The molecule has 7 heteroatoms. The van der Waals surface area contributed by atoms with Gasteiger partial charge in [-0.1, -0.05) is 66.7 Å². The Morgan fingerprint density at radius 1 is 0.811 bits per heavy atom. The molecule has 0 saturated heterocycles. The largest absolute Gasteiger partial charge is 0.287 e. The van der Waals surface area contributed by atoms with E-state index >= 15 is 0 Å². The van der Waals surface area contributed by atoms with Crippen molar-refractivity contribution in [1.29, 1.82) is 0 Å². The van der Waals surface area contributed by atoms with Crippen LogP contribution < -0.4 is 5.56 Å². The number of para-hydroxylation sites is 1. The number of rotatable bonds is 3. The fourth-order valence-electron chi connectivity index (χ4n) is 5.87. The highest BCUT2D eigenvalue weighted by Crippen LogP contribution is 2.40. The first-order valence-electron chi connectivity index (χ1n) is 12.3. The molecule has 37 heavy (non-hydrogen) atoms. The van der Waals surface area contributed by atoms with Crippen LogP contribution >= 0.6 is 0 Å². The maximum atomic E-state index is 13.9. The summed E-state index contributed by atoms with van der Waals surface area (Å²) in [6.45, 7) is 0. The van der Waals surface area contributed by atoms with Crippen LogP contribution in [0.1, 0.15) is 29.2 Å². The van der Waals surface area contributed by atoms with Crippen molar-refractivity contribution >= 4 is 42.5 Å². The molecule has 1 aliphatic rings. The number of H-pyrrole nitrogens is 1. The van der Waals surface area contributed by atoms with Crippen LogP contribution in [-0.2, 0) is 22.9 Å². The Kier molecular flexibility index (Phi) is 4.84. The number of aryl methyl sites for hydroxylation is 1. The zero-order valence-electron chi connectivity index (χ0n) is 19.9. The Bertz CT molecular complexity index is 2000. The number of fused-ring (bicyclic) bond motifs is 6. The third-order valence-electron chi connectivity index (χ3n) is 7.62. The molecule has 0 bridgehead atoms. The fourth-order valence-corrected chi connectivity index (χ4v) is 7.37. The van der Waals surface area contributed by atoms with E-state index < -0.39 is 15.6 Å². The molecule has 0 aliphatic heterocycles. The number of nitrogens with one attached hydrogen (secondary N) is 1. The van der Waals surface area contributed by atoms with Gasteiger partial charge >= 0.3 is 0 Å². The van der Waals surface area contributed by atoms with Crippen molar-refractivity contribution in [3.05, 3.63) is 118 Å². The molecule has 1 aliphatic carbocycles. The SMILES string of the molecule is O=c1ccc(S(=O)(=O)n2c(C3CCc4ccc5c(ccc6ccccc65)c4C3)cc3ccccc32)n[nH]1. The molecule has 4 aromatic carbocycles. The molecular formula is C30H23N3O3S. The van der Waals surface area contributed by atoms with Gasteiger partial charge in [0.25, 0.3) is 15.6 Å². The lowest BCUT2D eigenvalue weighted by atomic mass is 9.79. The minimum Gasteiger partial charge on any atom is -0.268 e. The van der Waals surface area contributed by atoms with E-state index in [0.29, 0.717) is 5.52 Å². The van der Waals surface area contributed by atoms with Crippen molar-refractivity contribution in [3.63, 3.8) is 0 Å². The topological polar surface area (TPSA) is 84.8 Å². The summed E-state index contributed by atoms with van der Waals surface area (Å²) in [5, 5.41) is 11.7. The predicted octanol–water partition coefficient (Wildman–Crippen LogP) is 5.54. The van der Waals surface area contributed by atoms with E-state index in [4.69, 9.17) is 0 Å². The highest BCUT2D eigenvalue weighted by Gasteiger charge is 2.31. The van der Waals surface area contributed by atoms with Crippen molar-refractivity contribution in [1.82, 2.24) is 14.2 Å². The molecule has 1 N–H and O–H groups in total. The summed E-state index contributed by atoms with van der Waals surface area (Å²) in [6.07, 6.45) is 2.47. The Morgan fingerprint density at radius 2 is 1.59 bits per heavy atom. The van der Waals surface area contributed by atoms with Crippen molar-refractivity contribution in [2.24, 2.45) is 0 Å². The zero-order chi connectivity index (χ0) is 25.1.